The van der Waals surface area contributed by atoms with Gasteiger partial charge in [-0.25, -0.2) is 4.98 Å². The van der Waals surface area contributed by atoms with Crippen LogP contribution < -0.4 is 10.6 Å². The lowest BCUT2D eigenvalue weighted by Crippen LogP contribution is -2.23. The first-order chi connectivity index (χ1) is 9.19. The molecule has 0 unspecified atom stereocenters. The smallest absolute Gasteiger partial charge is 0.269 e. The van der Waals surface area contributed by atoms with Gasteiger partial charge in [-0.15, -0.1) is 0 Å². The Kier molecular flexibility index (Phi) is 4.07. The van der Waals surface area contributed by atoms with Crippen molar-refractivity contribution in [3.05, 3.63) is 36.2 Å². The van der Waals surface area contributed by atoms with Crippen LogP contribution in [0.1, 0.15) is 23.2 Å². The number of pyridine rings is 1. The fourth-order valence-electron chi connectivity index (χ4n) is 1.56. The molecule has 19 heavy (non-hydrogen) atoms. The average Bonchev–Trinajstić information content (AvgIpc) is 2.83. The maximum absolute atomic E-state index is 11.6. The number of amides is 1. The topological polar surface area (TPSA) is 84.7 Å². The molecule has 0 bridgehead atoms. The number of aromatic nitrogens is 4. The molecule has 100 valence electrons. The van der Waals surface area contributed by atoms with Crippen LogP contribution in [-0.2, 0) is 13.6 Å². The molecule has 0 aliphatic rings. The summed E-state index contributed by atoms with van der Waals surface area (Å²) in [4.78, 5) is 19.8. The Morgan fingerprint density at radius 2 is 2.26 bits per heavy atom. The summed E-state index contributed by atoms with van der Waals surface area (Å²) in [6.07, 6.45) is 3.24. The maximum atomic E-state index is 11.6. The number of anilines is 1. The van der Waals surface area contributed by atoms with Gasteiger partial charge in [0.05, 0.1) is 6.54 Å². The van der Waals surface area contributed by atoms with Crippen molar-refractivity contribution < 1.29 is 4.79 Å². The van der Waals surface area contributed by atoms with Crippen LogP contribution in [0, 0.1) is 0 Å². The van der Waals surface area contributed by atoms with Crippen molar-refractivity contribution in [2.24, 2.45) is 7.05 Å². The molecule has 0 saturated heterocycles. The molecule has 7 nitrogen and oxygen atoms in total. The standard InChI is InChI=1S/C12H16N6O/c1-3-13-12(19)10-6-9(4-5-14-10)15-7-11-16-8-18(2)17-11/h4-6,8H,3,7H2,1-2H3,(H,13,19)(H,14,15). The highest BCUT2D eigenvalue weighted by atomic mass is 16.1. The minimum absolute atomic E-state index is 0.179. The molecule has 0 atom stereocenters. The van der Waals surface area contributed by atoms with E-state index in [2.05, 4.69) is 25.7 Å². The fraction of sp³-hybridized carbons (Fsp3) is 0.333. The van der Waals surface area contributed by atoms with Gasteiger partial charge in [-0.1, -0.05) is 0 Å². The number of rotatable bonds is 5. The summed E-state index contributed by atoms with van der Waals surface area (Å²) in [7, 11) is 1.82. The molecule has 0 spiro atoms. The highest BCUT2D eigenvalue weighted by Crippen LogP contribution is 2.08. The van der Waals surface area contributed by atoms with Gasteiger partial charge in [-0.05, 0) is 19.1 Å². The van der Waals surface area contributed by atoms with Gasteiger partial charge in [0, 0.05) is 25.5 Å². The van der Waals surface area contributed by atoms with E-state index in [-0.39, 0.29) is 5.91 Å². The summed E-state index contributed by atoms with van der Waals surface area (Å²) in [5.74, 6) is 0.515. The second-order valence-corrected chi connectivity index (χ2v) is 3.98. The van der Waals surface area contributed by atoms with Gasteiger partial charge in [0.15, 0.2) is 5.82 Å². The summed E-state index contributed by atoms with van der Waals surface area (Å²) < 4.78 is 1.64. The third-order valence-electron chi connectivity index (χ3n) is 2.43. The van der Waals surface area contributed by atoms with Crippen LogP contribution in [0.2, 0.25) is 0 Å². The Morgan fingerprint density at radius 3 is 2.95 bits per heavy atom. The molecule has 2 heterocycles. The zero-order valence-corrected chi connectivity index (χ0v) is 10.9. The third-order valence-corrected chi connectivity index (χ3v) is 2.43. The molecular formula is C12H16N6O. The van der Waals surface area contributed by atoms with Crippen LogP contribution >= 0.6 is 0 Å². The number of nitrogens with one attached hydrogen (secondary N) is 2. The molecule has 2 aromatic heterocycles. The van der Waals surface area contributed by atoms with E-state index in [1.807, 2.05) is 14.0 Å². The zero-order chi connectivity index (χ0) is 13.7. The van der Waals surface area contributed by atoms with Crippen LogP contribution in [0.15, 0.2) is 24.7 Å². The van der Waals surface area contributed by atoms with E-state index >= 15 is 0 Å². The quantitative estimate of drug-likeness (QED) is 0.821. The molecule has 1 amide bonds. The number of hydrogen-bond acceptors (Lipinski definition) is 5. The van der Waals surface area contributed by atoms with Gasteiger partial charge in [-0.2, -0.15) is 5.10 Å². The van der Waals surface area contributed by atoms with E-state index in [0.29, 0.717) is 24.6 Å². The molecule has 0 aromatic carbocycles. The second-order valence-electron chi connectivity index (χ2n) is 3.98. The molecule has 0 radical (unpaired) electrons. The predicted molar refractivity (Wildman–Crippen MR) is 70.6 cm³/mol. The van der Waals surface area contributed by atoms with E-state index in [0.717, 1.165) is 5.69 Å². The van der Waals surface area contributed by atoms with Crippen molar-refractivity contribution in [1.29, 1.82) is 0 Å². The third kappa shape index (κ3) is 3.51. The van der Waals surface area contributed by atoms with Gasteiger partial charge < -0.3 is 10.6 Å². The normalized spacial score (nSPS) is 10.2. The van der Waals surface area contributed by atoms with Gasteiger partial charge in [-0.3, -0.25) is 14.5 Å². The SMILES string of the molecule is CCNC(=O)c1cc(NCc2ncn(C)n2)ccn1. The highest BCUT2D eigenvalue weighted by molar-refractivity contribution is 5.93. The van der Waals surface area contributed by atoms with Gasteiger partial charge in [0.1, 0.15) is 12.0 Å². The maximum Gasteiger partial charge on any atom is 0.269 e. The molecule has 0 aliphatic carbocycles. The monoisotopic (exact) mass is 260 g/mol. The lowest BCUT2D eigenvalue weighted by molar-refractivity contribution is 0.0951. The van der Waals surface area contributed by atoms with E-state index in [9.17, 15) is 4.79 Å². The van der Waals surface area contributed by atoms with E-state index < -0.39 is 0 Å². The predicted octanol–water partition coefficient (Wildman–Crippen LogP) is 0.572. The minimum Gasteiger partial charge on any atom is -0.378 e. The van der Waals surface area contributed by atoms with Crippen LogP contribution in [0.5, 0.6) is 0 Å². The first-order valence-electron chi connectivity index (χ1n) is 6.01. The van der Waals surface area contributed by atoms with Crippen molar-refractivity contribution in [2.75, 3.05) is 11.9 Å². The Hall–Kier alpha value is -2.44. The Morgan fingerprint density at radius 1 is 1.42 bits per heavy atom. The van der Waals surface area contributed by atoms with Gasteiger partial charge >= 0.3 is 0 Å². The molecule has 2 N–H and O–H groups in total. The average molecular weight is 260 g/mol. The van der Waals surface area contributed by atoms with Crippen LogP contribution in [-0.4, -0.2) is 32.2 Å². The molecule has 0 saturated carbocycles. The van der Waals surface area contributed by atoms with Crippen molar-refractivity contribution in [3.8, 4) is 0 Å². The molecule has 0 aliphatic heterocycles. The van der Waals surface area contributed by atoms with Crippen LogP contribution in [0.4, 0.5) is 5.69 Å². The molecule has 0 fully saturated rings. The van der Waals surface area contributed by atoms with Gasteiger partial charge in [0.2, 0.25) is 0 Å². The molecule has 2 aromatic rings. The summed E-state index contributed by atoms with van der Waals surface area (Å²) in [5.41, 5.74) is 1.20. The van der Waals surface area contributed by atoms with Crippen molar-refractivity contribution >= 4 is 11.6 Å². The molecular weight excluding hydrogens is 244 g/mol. The molecule has 2 rings (SSSR count). The lowest BCUT2D eigenvalue weighted by atomic mass is 10.3. The van der Waals surface area contributed by atoms with Crippen LogP contribution in [0.25, 0.3) is 0 Å². The Balaban J connectivity index is 2.00. The fourth-order valence-corrected chi connectivity index (χ4v) is 1.56. The van der Waals surface area contributed by atoms with E-state index in [4.69, 9.17) is 0 Å². The lowest BCUT2D eigenvalue weighted by Gasteiger charge is -2.06. The zero-order valence-electron chi connectivity index (χ0n) is 10.9. The summed E-state index contributed by atoms with van der Waals surface area (Å²) in [6, 6.07) is 3.50. The first kappa shape index (κ1) is 13.0. The van der Waals surface area contributed by atoms with Gasteiger partial charge in [0.25, 0.3) is 5.91 Å². The summed E-state index contributed by atoms with van der Waals surface area (Å²) in [5, 5.41) is 10.0. The minimum atomic E-state index is -0.179. The number of aryl methyl sites for hydroxylation is 1. The van der Waals surface area contributed by atoms with Crippen molar-refractivity contribution in [2.45, 2.75) is 13.5 Å². The number of hydrogen-bond donors (Lipinski definition) is 2. The van der Waals surface area contributed by atoms with Crippen molar-refractivity contribution in [3.63, 3.8) is 0 Å². The van der Waals surface area contributed by atoms with E-state index in [1.165, 1.54) is 0 Å². The first-order valence-corrected chi connectivity index (χ1v) is 6.01. The highest BCUT2D eigenvalue weighted by Gasteiger charge is 2.06. The largest absolute Gasteiger partial charge is 0.378 e. The number of nitrogens with zero attached hydrogens (tertiary/aromatic N) is 4. The Labute approximate surface area is 111 Å². The number of carbonyl (C=O) groups excluding carboxylic acids is 1. The summed E-state index contributed by atoms with van der Waals surface area (Å²) >= 11 is 0. The van der Waals surface area contributed by atoms with E-state index in [1.54, 1.807) is 29.3 Å². The van der Waals surface area contributed by atoms with Crippen LogP contribution in [0.3, 0.4) is 0 Å². The summed E-state index contributed by atoms with van der Waals surface area (Å²) in [6.45, 7) is 2.95. The molecule has 7 heteroatoms. The van der Waals surface area contributed by atoms with Crippen molar-refractivity contribution in [1.82, 2.24) is 25.1 Å². The second kappa shape index (κ2) is 5.94. The number of carbonyl (C=O) groups is 1. The Bertz CT molecular complexity index is 565.